The highest BCUT2D eigenvalue weighted by Gasteiger charge is 2.12. The number of carbonyl (C=O) groups excluding carboxylic acids is 1. The zero-order valence-corrected chi connectivity index (χ0v) is 8.62. The molecule has 0 fully saturated rings. The van der Waals surface area contributed by atoms with Gasteiger partial charge in [-0.1, -0.05) is 6.92 Å². The van der Waals surface area contributed by atoms with Crippen LogP contribution in [-0.2, 0) is 11.2 Å². The molecule has 0 bridgehead atoms. The SMILES string of the molecule is CCOC(=O)Oc1cc(CC)oc1C. The van der Waals surface area contributed by atoms with E-state index in [2.05, 4.69) is 4.74 Å². The quantitative estimate of drug-likeness (QED) is 0.700. The van der Waals surface area contributed by atoms with Crippen LogP contribution in [0.2, 0.25) is 0 Å². The highest BCUT2D eigenvalue weighted by Crippen LogP contribution is 2.23. The Morgan fingerprint density at radius 1 is 1.50 bits per heavy atom. The van der Waals surface area contributed by atoms with E-state index in [-0.39, 0.29) is 0 Å². The van der Waals surface area contributed by atoms with Crippen molar-refractivity contribution in [1.82, 2.24) is 0 Å². The molecule has 0 spiro atoms. The topological polar surface area (TPSA) is 48.7 Å². The number of ether oxygens (including phenoxy) is 2. The highest BCUT2D eigenvalue weighted by molar-refractivity contribution is 5.64. The molecule has 0 aliphatic rings. The Labute approximate surface area is 82.8 Å². The van der Waals surface area contributed by atoms with Gasteiger partial charge in [-0.25, -0.2) is 4.79 Å². The largest absolute Gasteiger partial charge is 0.513 e. The van der Waals surface area contributed by atoms with Gasteiger partial charge < -0.3 is 13.9 Å². The summed E-state index contributed by atoms with van der Waals surface area (Å²) in [6, 6.07) is 1.70. The number of carbonyl (C=O) groups is 1. The van der Waals surface area contributed by atoms with Crippen LogP contribution in [0, 0.1) is 6.92 Å². The molecule has 1 rings (SSSR count). The Hall–Kier alpha value is -1.45. The Morgan fingerprint density at radius 2 is 2.21 bits per heavy atom. The molecule has 0 saturated heterocycles. The minimum Gasteiger partial charge on any atom is -0.462 e. The van der Waals surface area contributed by atoms with Crippen molar-refractivity contribution in [2.45, 2.75) is 27.2 Å². The Balaban J connectivity index is 2.66. The molecule has 0 atom stereocenters. The summed E-state index contributed by atoms with van der Waals surface area (Å²) in [6.45, 7) is 5.73. The molecule has 1 aromatic heterocycles. The van der Waals surface area contributed by atoms with Crippen LogP contribution in [0.4, 0.5) is 4.79 Å². The van der Waals surface area contributed by atoms with Crippen molar-refractivity contribution in [3.8, 4) is 5.75 Å². The smallest absolute Gasteiger partial charge is 0.462 e. The van der Waals surface area contributed by atoms with Crippen LogP contribution in [0.1, 0.15) is 25.4 Å². The van der Waals surface area contributed by atoms with Gasteiger partial charge in [-0.15, -0.1) is 0 Å². The molecule has 0 amide bonds. The van der Waals surface area contributed by atoms with E-state index in [1.54, 1.807) is 19.9 Å². The third-order valence-corrected chi connectivity index (χ3v) is 1.73. The van der Waals surface area contributed by atoms with E-state index < -0.39 is 6.16 Å². The number of rotatable bonds is 3. The van der Waals surface area contributed by atoms with Crippen molar-refractivity contribution >= 4 is 6.16 Å². The van der Waals surface area contributed by atoms with E-state index in [4.69, 9.17) is 9.15 Å². The van der Waals surface area contributed by atoms with Crippen molar-refractivity contribution in [1.29, 1.82) is 0 Å². The van der Waals surface area contributed by atoms with Gasteiger partial charge in [-0.05, 0) is 13.8 Å². The summed E-state index contributed by atoms with van der Waals surface area (Å²) in [5, 5.41) is 0. The minimum atomic E-state index is -0.695. The van der Waals surface area contributed by atoms with E-state index in [1.807, 2.05) is 6.92 Å². The molecule has 0 aliphatic heterocycles. The molecule has 0 saturated carbocycles. The van der Waals surface area contributed by atoms with Gasteiger partial charge >= 0.3 is 6.16 Å². The third kappa shape index (κ3) is 2.52. The normalized spacial score (nSPS) is 9.93. The maximum Gasteiger partial charge on any atom is 0.513 e. The van der Waals surface area contributed by atoms with Crippen molar-refractivity contribution in [3.05, 3.63) is 17.6 Å². The predicted molar refractivity (Wildman–Crippen MR) is 50.5 cm³/mol. The molecule has 14 heavy (non-hydrogen) atoms. The fraction of sp³-hybridized carbons (Fsp3) is 0.500. The zero-order valence-electron chi connectivity index (χ0n) is 8.62. The van der Waals surface area contributed by atoms with E-state index >= 15 is 0 Å². The first-order valence-electron chi connectivity index (χ1n) is 4.61. The Kier molecular flexibility index (Phi) is 3.56. The molecule has 4 heteroatoms. The van der Waals surface area contributed by atoms with Crippen molar-refractivity contribution in [3.63, 3.8) is 0 Å². The second kappa shape index (κ2) is 4.69. The highest BCUT2D eigenvalue weighted by atomic mass is 16.7. The molecule has 1 heterocycles. The summed E-state index contributed by atoms with van der Waals surface area (Å²) < 4.78 is 14.9. The van der Waals surface area contributed by atoms with Crippen LogP contribution in [0.3, 0.4) is 0 Å². The number of hydrogen-bond acceptors (Lipinski definition) is 4. The average Bonchev–Trinajstić information content (AvgIpc) is 2.48. The van der Waals surface area contributed by atoms with Crippen molar-refractivity contribution < 1.29 is 18.7 Å². The maximum absolute atomic E-state index is 11.0. The first-order chi connectivity index (χ1) is 6.67. The number of hydrogen-bond donors (Lipinski definition) is 0. The fourth-order valence-corrected chi connectivity index (χ4v) is 1.04. The van der Waals surface area contributed by atoms with Crippen LogP contribution < -0.4 is 4.74 Å². The predicted octanol–water partition coefficient (Wildman–Crippen LogP) is 2.69. The fourth-order valence-electron chi connectivity index (χ4n) is 1.04. The molecule has 0 unspecified atom stereocenters. The van der Waals surface area contributed by atoms with Crippen LogP contribution in [0.15, 0.2) is 10.5 Å². The standard InChI is InChI=1S/C10H14O4/c1-4-8-6-9(7(3)13-8)14-10(11)12-5-2/h6H,4-5H2,1-3H3. The lowest BCUT2D eigenvalue weighted by Gasteiger charge is -2.00. The molecule has 0 aromatic carbocycles. The molecule has 0 radical (unpaired) electrons. The van der Waals surface area contributed by atoms with Gasteiger partial charge in [0.2, 0.25) is 0 Å². The molecule has 0 aliphatic carbocycles. The second-order valence-corrected chi connectivity index (χ2v) is 2.77. The van der Waals surface area contributed by atoms with Gasteiger partial charge in [0.15, 0.2) is 5.75 Å². The second-order valence-electron chi connectivity index (χ2n) is 2.77. The van der Waals surface area contributed by atoms with Crippen LogP contribution in [-0.4, -0.2) is 12.8 Å². The first kappa shape index (κ1) is 10.6. The van der Waals surface area contributed by atoms with Crippen molar-refractivity contribution in [2.24, 2.45) is 0 Å². The monoisotopic (exact) mass is 198 g/mol. The number of aryl methyl sites for hydroxylation is 2. The van der Waals surface area contributed by atoms with Gasteiger partial charge in [-0.3, -0.25) is 0 Å². The van der Waals surface area contributed by atoms with Crippen LogP contribution in [0.5, 0.6) is 5.75 Å². The van der Waals surface area contributed by atoms with Crippen LogP contribution >= 0.6 is 0 Å². The zero-order chi connectivity index (χ0) is 10.6. The first-order valence-corrected chi connectivity index (χ1v) is 4.61. The summed E-state index contributed by atoms with van der Waals surface area (Å²) in [5.74, 6) is 1.82. The summed E-state index contributed by atoms with van der Waals surface area (Å²) in [5.41, 5.74) is 0. The summed E-state index contributed by atoms with van der Waals surface area (Å²) in [4.78, 5) is 11.0. The maximum atomic E-state index is 11.0. The lowest BCUT2D eigenvalue weighted by molar-refractivity contribution is 0.103. The van der Waals surface area contributed by atoms with Gasteiger partial charge in [0.25, 0.3) is 0 Å². The van der Waals surface area contributed by atoms with E-state index in [0.717, 1.165) is 12.2 Å². The molecular formula is C10H14O4. The van der Waals surface area contributed by atoms with E-state index in [9.17, 15) is 4.79 Å². The third-order valence-electron chi connectivity index (χ3n) is 1.73. The Morgan fingerprint density at radius 3 is 2.71 bits per heavy atom. The minimum absolute atomic E-state index is 0.302. The van der Waals surface area contributed by atoms with Crippen LogP contribution in [0.25, 0.3) is 0 Å². The van der Waals surface area contributed by atoms with Gasteiger partial charge in [0.1, 0.15) is 11.5 Å². The molecule has 1 aromatic rings. The molecule has 4 nitrogen and oxygen atoms in total. The lowest BCUT2D eigenvalue weighted by atomic mass is 10.3. The summed E-state index contributed by atoms with van der Waals surface area (Å²) in [6.07, 6.45) is 0.0755. The van der Waals surface area contributed by atoms with E-state index in [1.165, 1.54) is 0 Å². The average molecular weight is 198 g/mol. The summed E-state index contributed by atoms with van der Waals surface area (Å²) >= 11 is 0. The van der Waals surface area contributed by atoms with Gasteiger partial charge in [0.05, 0.1) is 6.61 Å². The van der Waals surface area contributed by atoms with Crippen molar-refractivity contribution in [2.75, 3.05) is 6.61 Å². The lowest BCUT2D eigenvalue weighted by Crippen LogP contribution is -2.09. The van der Waals surface area contributed by atoms with Gasteiger partial charge in [0, 0.05) is 12.5 Å². The summed E-state index contributed by atoms with van der Waals surface area (Å²) in [7, 11) is 0. The molecular weight excluding hydrogens is 184 g/mol. The Bertz CT molecular complexity index is 314. The van der Waals surface area contributed by atoms with Gasteiger partial charge in [-0.2, -0.15) is 0 Å². The molecule has 0 N–H and O–H groups in total. The number of furan rings is 1. The molecule has 78 valence electrons. The van der Waals surface area contributed by atoms with E-state index in [0.29, 0.717) is 18.1 Å².